The molecule has 0 spiro atoms. The molecule has 0 unspecified atom stereocenters. The maximum Gasteiger partial charge on any atom is 0.0594 e. The molecule has 0 aliphatic carbocycles. The standard InChI is InChI=1S/C6H13NO.C5H13N/c1-2-7-3-5-8-6-4-7;1-4-6(3)5-2/h2-6H2,1H3;4-5H2,1-3H3. The van der Waals surface area contributed by atoms with Gasteiger partial charge in [0, 0.05) is 13.1 Å². The molecule has 0 N–H and O–H groups in total. The zero-order valence-corrected chi connectivity index (χ0v) is 10.3. The van der Waals surface area contributed by atoms with Gasteiger partial charge in [0.1, 0.15) is 0 Å². The van der Waals surface area contributed by atoms with Crippen molar-refractivity contribution >= 4 is 0 Å². The van der Waals surface area contributed by atoms with E-state index in [0.717, 1.165) is 39.4 Å². The predicted octanol–water partition coefficient (Wildman–Crippen LogP) is 1.30. The molecule has 0 atom stereocenters. The van der Waals surface area contributed by atoms with Crippen LogP contribution < -0.4 is 0 Å². The van der Waals surface area contributed by atoms with Crippen LogP contribution in [0.2, 0.25) is 0 Å². The van der Waals surface area contributed by atoms with Crippen molar-refractivity contribution < 1.29 is 4.74 Å². The lowest BCUT2D eigenvalue weighted by Gasteiger charge is -2.24. The van der Waals surface area contributed by atoms with E-state index in [1.54, 1.807) is 0 Å². The van der Waals surface area contributed by atoms with Crippen LogP contribution in [0.25, 0.3) is 0 Å². The second kappa shape index (κ2) is 9.44. The van der Waals surface area contributed by atoms with Crippen LogP contribution in [0, 0.1) is 0 Å². The highest BCUT2D eigenvalue weighted by Crippen LogP contribution is 1.93. The molecule has 1 fully saturated rings. The number of ether oxygens (including phenoxy) is 1. The Labute approximate surface area is 89.0 Å². The summed E-state index contributed by atoms with van der Waals surface area (Å²) in [4.78, 5) is 4.64. The van der Waals surface area contributed by atoms with E-state index in [0.29, 0.717) is 0 Å². The first-order valence-corrected chi connectivity index (χ1v) is 5.73. The summed E-state index contributed by atoms with van der Waals surface area (Å²) in [5.74, 6) is 0. The van der Waals surface area contributed by atoms with Crippen LogP contribution in [0.3, 0.4) is 0 Å². The van der Waals surface area contributed by atoms with Gasteiger partial charge in [0.2, 0.25) is 0 Å². The molecule has 1 heterocycles. The second-order valence-corrected chi connectivity index (χ2v) is 3.54. The summed E-state index contributed by atoms with van der Waals surface area (Å²) in [6, 6.07) is 0. The van der Waals surface area contributed by atoms with E-state index in [1.165, 1.54) is 6.54 Å². The molecule has 0 aromatic heterocycles. The van der Waals surface area contributed by atoms with E-state index < -0.39 is 0 Å². The Morgan fingerprint density at radius 3 is 1.79 bits per heavy atom. The van der Waals surface area contributed by atoms with Gasteiger partial charge < -0.3 is 9.64 Å². The lowest BCUT2D eigenvalue weighted by Crippen LogP contribution is -2.35. The Morgan fingerprint density at radius 1 is 1.07 bits per heavy atom. The van der Waals surface area contributed by atoms with Crippen molar-refractivity contribution in [3.8, 4) is 0 Å². The quantitative estimate of drug-likeness (QED) is 0.686. The van der Waals surface area contributed by atoms with Crippen molar-refractivity contribution in [1.82, 2.24) is 9.80 Å². The first-order chi connectivity index (χ1) is 6.74. The van der Waals surface area contributed by atoms with Gasteiger partial charge in [-0.05, 0) is 26.7 Å². The fraction of sp³-hybridized carbons (Fsp3) is 1.00. The van der Waals surface area contributed by atoms with Gasteiger partial charge in [0.15, 0.2) is 0 Å². The number of nitrogens with zero attached hydrogens (tertiary/aromatic N) is 2. The molecule has 0 aromatic carbocycles. The van der Waals surface area contributed by atoms with Gasteiger partial charge in [-0.2, -0.15) is 0 Å². The Morgan fingerprint density at radius 2 is 1.57 bits per heavy atom. The number of hydrogen-bond donors (Lipinski definition) is 0. The Bertz CT molecular complexity index is 110. The molecule has 0 aromatic rings. The molecule has 86 valence electrons. The maximum absolute atomic E-state index is 5.16. The van der Waals surface area contributed by atoms with Crippen LogP contribution >= 0.6 is 0 Å². The molecule has 0 saturated carbocycles. The predicted molar refractivity (Wildman–Crippen MR) is 61.8 cm³/mol. The number of likely N-dealkylation sites (N-methyl/N-ethyl adjacent to an activating group) is 1. The van der Waals surface area contributed by atoms with Crippen molar-refractivity contribution in [2.75, 3.05) is 53.0 Å². The molecule has 14 heavy (non-hydrogen) atoms. The second-order valence-electron chi connectivity index (χ2n) is 3.54. The first-order valence-electron chi connectivity index (χ1n) is 5.73. The molecular weight excluding hydrogens is 176 g/mol. The largest absolute Gasteiger partial charge is 0.379 e. The Kier molecular flexibility index (Phi) is 9.35. The fourth-order valence-corrected chi connectivity index (χ4v) is 1.14. The monoisotopic (exact) mass is 202 g/mol. The highest BCUT2D eigenvalue weighted by molar-refractivity contribution is 4.57. The lowest BCUT2D eigenvalue weighted by atomic mass is 10.4. The third-order valence-corrected chi connectivity index (χ3v) is 2.63. The van der Waals surface area contributed by atoms with Gasteiger partial charge in [-0.3, -0.25) is 4.90 Å². The minimum atomic E-state index is 0.924. The summed E-state index contributed by atoms with van der Waals surface area (Å²) in [5, 5.41) is 0. The van der Waals surface area contributed by atoms with Gasteiger partial charge in [0.05, 0.1) is 13.2 Å². The van der Waals surface area contributed by atoms with E-state index in [4.69, 9.17) is 4.74 Å². The minimum absolute atomic E-state index is 0.924. The van der Waals surface area contributed by atoms with Gasteiger partial charge >= 0.3 is 0 Å². The van der Waals surface area contributed by atoms with Crippen molar-refractivity contribution in [1.29, 1.82) is 0 Å². The first kappa shape index (κ1) is 13.9. The van der Waals surface area contributed by atoms with Crippen LogP contribution in [0.15, 0.2) is 0 Å². The average Bonchev–Trinajstić information content (AvgIpc) is 2.30. The molecule has 1 saturated heterocycles. The van der Waals surface area contributed by atoms with Gasteiger partial charge in [0.25, 0.3) is 0 Å². The molecular formula is C11H26N2O. The van der Waals surface area contributed by atoms with Gasteiger partial charge in [-0.25, -0.2) is 0 Å². The van der Waals surface area contributed by atoms with E-state index in [-0.39, 0.29) is 0 Å². The van der Waals surface area contributed by atoms with Gasteiger partial charge in [-0.1, -0.05) is 20.8 Å². The van der Waals surface area contributed by atoms with E-state index in [1.807, 2.05) is 0 Å². The van der Waals surface area contributed by atoms with Crippen molar-refractivity contribution in [3.63, 3.8) is 0 Å². The smallest absolute Gasteiger partial charge is 0.0594 e. The van der Waals surface area contributed by atoms with Crippen LogP contribution in [0.5, 0.6) is 0 Å². The summed E-state index contributed by atoms with van der Waals surface area (Å²) in [6.07, 6.45) is 0. The zero-order valence-electron chi connectivity index (χ0n) is 10.3. The molecule has 0 bridgehead atoms. The summed E-state index contributed by atoms with van der Waals surface area (Å²) in [7, 11) is 2.11. The van der Waals surface area contributed by atoms with Crippen molar-refractivity contribution in [2.24, 2.45) is 0 Å². The average molecular weight is 202 g/mol. The number of morpholine rings is 1. The zero-order chi connectivity index (χ0) is 10.8. The third kappa shape index (κ3) is 7.30. The summed E-state index contributed by atoms with van der Waals surface area (Å²) >= 11 is 0. The van der Waals surface area contributed by atoms with E-state index in [2.05, 4.69) is 37.6 Å². The normalized spacial score (nSPS) is 17.8. The highest BCUT2D eigenvalue weighted by Gasteiger charge is 2.05. The Balaban J connectivity index is 0.000000255. The SMILES string of the molecule is CCN(C)CC.CCN1CCOCC1. The van der Waals surface area contributed by atoms with Crippen molar-refractivity contribution in [2.45, 2.75) is 20.8 Å². The highest BCUT2D eigenvalue weighted by atomic mass is 16.5. The molecule has 0 amide bonds. The summed E-state index contributed by atoms with van der Waals surface area (Å²) < 4.78 is 5.16. The lowest BCUT2D eigenvalue weighted by molar-refractivity contribution is 0.0405. The molecule has 3 heteroatoms. The topological polar surface area (TPSA) is 15.7 Å². The maximum atomic E-state index is 5.16. The van der Waals surface area contributed by atoms with E-state index >= 15 is 0 Å². The molecule has 1 aliphatic heterocycles. The van der Waals surface area contributed by atoms with Crippen LogP contribution in [-0.2, 0) is 4.74 Å². The fourth-order valence-electron chi connectivity index (χ4n) is 1.14. The summed E-state index contributed by atoms with van der Waals surface area (Å²) in [5.41, 5.74) is 0. The number of rotatable bonds is 3. The molecule has 1 rings (SSSR count). The Hall–Kier alpha value is -0.120. The van der Waals surface area contributed by atoms with Crippen molar-refractivity contribution in [3.05, 3.63) is 0 Å². The van der Waals surface area contributed by atoms with Crippen LogP contribution in [0.1, 0.15) is 20.8 Å². The van der Waals surface area contributed by atoms with E-state index in [9.17, 15) is 0 Å². The molecule has 0 radical (unpaired) electrons. The van der Waals surface area contributed by atoms with Crippen LogP contribution in [0.4, 0.5) is 0 Å². The molecule has 3 nitrogen and oxygen atoms in total. The third-order valence-electron chi connectivity index (χ3n) is 2.63. The number of hydrogen-bond acceptors (Lipinski definition) is 3. The summed E-state index contributed by atoms with van der Waals surface area (Å²) in [6.45, 7) is 14.1. The van der Waals surface area contributed by atoms with Gasteiger partial charge in [-0.15, -0.1) is 0 Å². The van der Waals surface area contributed by atoms with Crippen LogP contribution in [-0.4, -0.2) is 62.8 Å². The molecule has 1 aliphatic rings. The minimum Gasteiger partial charge on any atom is -0.379 e.